The van der Waals surface area contributed by atoms with Crippen LogP contribution in [0.15, 0.2) is 78.4 Å². The van der Waals surface area contributed by atoms with E-state index in [0.717, 1.165) is 67.0 Å². The molecule has 0 spiro atoms. The Morgan fingerprint density at radius 3 is 2.37 bits per heavy atom. The van der Waals surface area contributed by atoms with E-state index in [-0.39, 0.29) is 60.9 Å². The molecule has 79 heavy (non-hydrogen) atoms. The van der Waals surface area contributed by atoms with Gasteiger partial charge >= 0.3 is 5.76 Å². The van der Waals surface area contributed by atoms with Crippen molar-refractivity contribution in [3.63, 3.8) is 0 Å². The zero-order chi connectivity index (χ0) is 56.8. The Kier molecular flexibility index (Phi) is 18.3. The van der Waals surface area contributed by atoms with Crippen molar-refractivity contribution in [2.45, 2.75) is 116 Å². The summed E-state index contributed by atoms with van der Waals surface area (Å²) in [7, 11) is -3.33. The van der Waals surface area contributed by atoms with Crippen LogP contribution in [-0.4, -0.2) is 111 Å². The van der Waals surface area contributed by atoms with Gasteiger partial charge < -0.3 is 36.0 Å². The predicted octanol–water partition coefficient (Wildman–Crippen LogP) is 8.33. The molecular formula is C57H67F3N10O7S2. The van der Waals surface area contributed by atoms with Crippen LogP contribution in [0.1, 0.15) is 101 Å². The number of alkyl halides is 2. The van der Waals surface area contributed by atoms with E-state index in [1.807, 2.05) is 62.2 Å². The van der Waals surface area contributed by atoms with Gasteiger partial charge in [0, 0.05) is 50.7 Å². The molecule has 0 bridgehead atoms. The number of β-amino-alcohol motifs (C(OH)–C–C–N with tert-alkyl or cyclic N) is 1. The van der Waals surface area contributed by atoms with Gasteiger partial charge in [0.2, 0.25) is 17.7 Å². The maximum Gasteiger partial charge on any atom is 0.355 e. The van der Waals surface area contributed by atoms with Gasteiger partial charge in [0.15, 0.2) is 0 Å². The van der Waals surface area contributed by atoms with Crippen molar-refractivity contribution in [3.8, 4) is 39.3 Å². The van der Waals surface area contributed by atoms with E-state index < -0.39 is 57.2 Å². The largest absolute Gasteiger partial charge is 0.484 e. The molecule has 5 heterocycles. The fourth-order valence-corrected chi connectivity index (χ4v) is 11.3. The summed E-state index contributed by atoms with van der Waals surface area (Å²) in [5, 5.41) is 21.8. The lowest BCUT2D eigenvalue weighted by molar-refractivity contribution is -0.144. The molecule has 420 valence electrons. The van der Waals surface area contributed by atoms with Gasteiger partial charge in [-0.05, 0) is 106 Å². The molecule has 3 amide bonds. The smallest absolute Gasteiger partial charge is 0.355 e. The van der Waals surface area contributed by atoms with E-state index in [9.17, 15) is 41.1 Å². The molecular weight excluding hydrogens is 1060 g/mol. The number of amides is 3. The van der Waals surface area contributed by atoms with E-state index in [2.05, 4.69) is 37.3 Å². The summed E-state index contributed by atoms with van der Waals surface area (Å²) < 4.78 is 74.8. The summed E-state index contributed by atoms with van der Waals surface area (Å²) in [6, 6.07) is 15.9. The number of nitrogens with two attached hydrogens (primary N) is 1. The number of carbonyl (C=O) groups excluding carboxylic acids is 3. The van der Waals surface area contributed by atoms with E-state index in [1.165, 1.54) is 47.4 Å². The van der Waals surface area contributed by atoms with Gasteiger partial charge in [-0.3, -0.25) is 23.8 Å². The minimum Gasteiger partial charge on any atom is -0.484 e. The van der Waals surface area contributed by atoms with Crippen molar-refractivity contribution in [1.29, 1.82) is 0 Å². The highest BCUT2D eigenvalue weighted by Crippen LogP contribution is 2.39. The van der Waals surface area contributed by atoms with Gasteiger partial charge in [-0.15, -0.1) is 11.3 Å². The number of aliphatic hydroxyl groups is 1. The number of aromatic nitrogens is 4. The number of nitrogens with one attached hydrogen (secondary N) is 3. The minimum absolute atomic E-state index is 0.00353. The van der Waals surface area contributed by atoms with Crippen LogP contribution in [0.25, 0.3) is 32.6 Å². The van der Waals surface area contributed by atoms with Crippen molar-refractivity contribution in [2.24, 2.45) is 18.4 Å². The van der Waals surface area contributed by atoms with Gasteiger partial charge in [0.25, 0.3) is 10.0 Å². The van der Waals surface area contributed by atoms with Gasteiger partial charge in [-0.2, -0.15) is 13.9 Å². The summed E-state index contributed by atoms with van der Waals surface area (Å²) in [6.45, 7) is 12.0. The number of nitrogen functional groups attached to an aromatic ring is 1. The van der Waals surface area contributed by atoms with Crippen LogP contribution in [0.5, 0.6) is 5.75 Å². The molecule has 0 radical (unpaired) electrons. The Bertz CT molecular complexity index is 3330. The molecule has 3 aromatic carbocycles. The number of fused-ring (bicyclic) bond motifs is 1. The first-order valence-electron chi connectivity index (χ1n) is 26.3. The Balaban J connectivity index is 0.818. The molecule has 6 aromatic rings. The quantitative estimate of drug-likeness (QED) is 0.0381. The first kappa shape index (κ1) is 58.1. The van der Waals surface area contributed by atoms with Gasteiger partial charge in [0.05, 0.1) is 44.3 Å². The van der Waals surface area contributed by atoms with Crippen LogP contribution < -0.4 is 25.8 Å². The first-order chi connectivity index (χ1) is 37.6. The Morgan fingerprint density at radius 2 is 1.70 bits per heavy atom. The van der Waals surface area contributed by atoms with Crippen LogP contribution >= 0.6 is 11.3 Å². The second kappa shape index (κ2) is 24.9. The fourth-order valence-electron chi connectivity index (χ4n) is 9.96. The van der Waals surface area contributed by atoms with Crippen molar-refractivity contribution in [3.05, 3.63) is 107 Å². The molecule has 2 aliphatic rings. The third-order valence-corrected chi connectivity index (χ3v) is 16.3. The number of thiazole rings is 1. The number of rotatable bonds is 19. The molecule has 2 aliphatic heterocycles. The van der Waals surface area contributed by atoms with Crippen molar-refractivity contribution >= 4 is 61.5 Å². The van der Waals surface area contributed by atoms with Gasteiger partial charge in [-0.25, -0.2) is 22.8 Å². The summed E-state index contributed by atoms with van der Waals surface area (Å²) in [6.07, 6.45) is 4.35. The average molecular weight is 1130 g/mol. The van der Waals surface area contributed by atoms with E-state index in [0.29, 0.717) is 39.7 Å². The zero-order valence-corrected chi connectivity index (χ0v) is 46.7. The summed E-state index contributed by atoms with van der Waals surface area (Å²) in [5.74, 6) is 1.77. The summed E-state index contributed by atoms with van der Waals surface area (Å²) in [4.78, 5) is 54.7. The SMILES string of the molecule is Cc1ncsc1-c1ccc(CNC(=O)[C@@H]2C[C@@H](O)CN2C(=O)[C@@H](NC(=O)CCCCCN2CCC(C#Cc3cnc(N)c4c(-c5ccc(NS(=O)(=O)C(F)F)c(O[C@@H](C)c6ccc(F)cc6)c5)nn(C)c34)CC2)C(C)(C)C)cc1. The average Bonchev–Trinajstić information content (AvgIpc) is 4.17. The number of benzene rings is 3. The number of carbonyl (C=O) groups is 3. The summed E-state index contributed by atoms with van der Waals surface area (Å²) >= 11 is 1.57. The van der Waals surface area contributed by atoms with Crippen LogP contribution in [-0.2, 0) is 38.0 Å². The lowest BCUT2D eigenvalue weighted by Crippen LogP contribution is -2.57. The van der Waals surface area contributed by atoms with Crippen molar-refractivity contribution in [1.82, 2.24) is 40.2 Å². The molecule has 8 rings (SSSR count). The third-order valence-electron chi connectivity index (χ3n) is 14.4. The number of ether oxygens (including phenoxy) is 1. The topological polar surface area (TPSA) is 227 Å². The van der Waals surface area contributed by atoms with E-state index in [1.54, 1.807) is 36.2 Å². The number of hydrogen-bond acceptors (Lipinski definition) is 13. The van der Waals surface area contributed by atoms with Crippen LogP contribution in [0, 0.1) is 35.9 Å². The molecule has 4 atom stereocenters. The number of hydrogen-bond donors (Lipinski definition) is 5. The van der Waals surface area contributed by atoms with Crippen LogP contribution in [0.4, 0.5) is 24.7 Å². The van der Waals surface area contributed by atoms with E-state index >= 15 is 0 Å². The number of unbranched alkanes of at least 4 members (excludes halogenated alkanes) is 2. The second-order valence-corrected chi connectivity index (χ2v) is 23.8. The van der Waals surface area contributed by atoms with Crippen LogP contribution in [0.3, 0.4) is 0 Å². The fraction of sp³-hybridized carbons (Fsp3) is 0.439. The highest BCUT2D eigenvalue weighted by Gasteiger charge is 2.44. The van der Waals surface area contributed by atoms with Crippen molar-refractivity contribution in [2.75, 3.05) is 36.6 Å². The number of halogens is 3. The molecule has 0 unspecified atom stereocenters. The van der Waals surface area contributed by atoms with Crippen LogP contribution in [0.2, 0.25) is 0 Å². The maximum atomic E-state index is 14.1. The molecule has 17 nitrogen and oxygen atoms in total. The number of likely N-dealkylation sites (tertiary alicyclic amines) is 2. The lowest BCUT2D eigenvalue weighted by Gasteiger charge is -2.35. The summed E-state index contributed by atoms with van der Waals surface area (Å²) in [5.41, 5.74) is 12.8. The molecule has 0 saturated carbocycles. The third kappa shape index (κ3) is 14.2. The standard InChI is InChI=1S/C57H67F3N10O7S2/c1-34-51(78-33-64-34)39-14-12-37(13-15-39)30-63-54(73)45-29-43(71)32-70(45)55(74)52(57(3,4)5)65-47(72)10-8-7-9-25-69-26-23-36(24-27-69)11-16-41-31-62-53(61)48-49(66-68(6)50(41)48)40-19-22-44(67-79(75,76)56(59)60)46(28-40)77-35(2)38-17-20-42(58)21-18-38/h12-15,17-22,28,31,33,35-36,43,45,52,56,67,71H,7-10,23-27,29-30,32H2,1-6H3,(H2,61,62)(H,63,73)(H,65,72)/t35-,43+,45-,52+/m0/s1. The number of anilines is 2. The highest BCUT2D eigenvalue weighted by atomic mass is 32.2. The molecule has 2 saturated heterocycles. The molecule has 0 aliphatic carbocycles. The highest BCUT2D eigenvalue weighted by molar-refractivity contribution is 7.93. The minimum atomic E-state index is -5.07. The van der Waals surface area contributed by atoms with Gasteiger partial charge in [-0.1, -0.05) is 81.5 Å². The zero-order valence-electron chi connectivity index (χ0n) is 45.1. The monoisotopic (exact) mass is 1120 g/mol. The maximum absolute atomic E-state index is 14.1. The van der Waals surface area contributed by atoms with E-state index in [4.69, 9.17) is 15.6 Å². The number of pyridine rings is 1. The molecule has 6 N–H and O–H groups in total. The molecule has 2 fully saturated rings. The number of nitrogens with zero attached hydrogens (tertiary/aromatic N) is 6. The molecule has 22 heteroatoms. The Labute approximate surface area is 462 Å². The normalized spacial score (nSPS) is 17.1. The number of piperidine rings is 1. The second-order valence-electron chi connectivity index (χ2n) is 21.3. The first-order valence-corrected chi connectivity index (χ1v) is 28.7. The Morgan fingerprint density at radius 1 is 0.987 bits per heavy atom. The Hall–Kier alpha value is -7.06. The van der Waals surface area contributed by atoms with Crippen molar-refractivity contribution < 1.29 is 45.8 Å². The number of sulfonamides is 1. The number of aliphatic hydroxyl groups excluding tert-OH is 1. The lowest BCUT2D eigenvalue weighted by atomic mass is 9.85. The predicted molar refractivity (Wildman–Crippen MR) is 299 cm³/mol. The van der Waals surface area contributed by atoms with Gasteiger partial charge in [0.1, 0.15) is 41.3 Å². The number of aryl methyl sites for hydroxylation is 2. The molecule has 3 aromatic heterocycles.